The average molecular weight is 340 g/mol. The standard InChI is InChI=1S/C16H22BrNO2/c1-20-15(19)16(10-11-18)8-6-13(7-9-16)12-2-4-14(17)5-3-12/h2-5,13H,6-11,18H2,1H3. The molecule has 4 heteroatoms. The van der Waals surface area contributed by atoms with E-state index in [0.717, 1.165) is 36.6 Å². The molecule has 1 fully saturated rings. The number of ether oxygens (including phenoxy) is 1. The molecule has 0 aromatic heterocycles. The molecule has 0 unspecified atom stereocenters. The van der Waals surface area contributed by atoms with Gasteiger partial charge in [-0.05, 0) is 62.3 Å². The molecule has 0 atom stereocenters. The van der Waals surface area contributed by atoms with E-state index < -0.39 is 0 Å². The Morgan fingerprint density at radius 3 is 2.45 bits per heavy atom. The summed E-state index contributed by atoms with van der Waals surface area (Å²) in [5.74, 6) is 0.455. The van der Waals surface area contributed by atoms with Crippen LogP contribution in [-0.2, 0) is 9.53 Å². The van der Waals surface area contributed by atoms with E-state index in [9.17, 15) is 4.79 Å². The van der Waals surface area contributed by atoms with Gasteiger partial charge >= 0.3 is 5.97 Å². The number of halogens is 1. The summed E-state index contributed by atoms with van der Waals surface area (Å²) in [6.07, 6.45) is 4.52. The highest BCUT2D eigenvalue weighted by molar-refractivity contribution is 9.10. The third kappa shape index (κ3) is 3.23. The number of hydrogen-bond donors (Lipinski definition) is 1. The molecule has 1 aromatic rings. The van der Waals surface area contributed by atoms with E-state index in [1.165, 1.54) is 12.7 Å². The summed E-state index contributed by atoms with van der Waals surface area (Å²) in [6.45, 7) is 0.540. The first-order valence-corrected chi connectivity index (χ1v) is 7.94. The lowest BCUT2D eigenvalue weighted by atomic mass is 9.67. The van der Waals surface area contributed by atoms with E-state index in [1.807, 2.05) is 0 Å². The Kier molecular flexibility index (Phi) is 5.22. The van der Waals surface area contributed by atoms with Crippen molar-refractivity contribution in [1.29, 1.82) is 0 Å². The predicted octanol–water partition coefficient (Wildman–Crippen LogP) is 3.61. The molecule has 1 aromatic carbocycles. The van der Waals surface area contributed by atoms with Crippen molar-refractivity contribution in [3.63, 3.8) is 0 Å². The molecule has 0 radical (unpaired) electrons. The van der Waals surface area contributed by atoms with E-state index in [1.54, 1.807) is 0 Å². The van der Waals surface area contributed by atoms with Gasteiger partial charge in [0.25, 0.3) is 0 Å². The fourth-order valence-electron chi connectivity index (χ4n) is 3.29. The first-order valence-electron chi connectivity index (χ1n) is 7.15. The first-order chi connectivity index (χ1) is 9.61. The number of benzene rings is 1. The SMILES string of the molecule is COC(=O)C1(CCN)CCC(c2ccc(Br)cc2)CC1. The largest absolute Gasteiger partial charge is 0.469 e. The molecule has 2 N–H and O–H groups in total. The minimum absolute atomic E-state index is 0.0859. The van der Waals surface area contributed by atoms with Crippen molar-refractivity contribution in [2.24, 2.45) is 11.1 Å². The topological polar surface area (TPSA) is 52.3 Å². The van der Waals surface area contributed by atoms with Gasteiger partial charge in [-0.25, -0.2) is 0 Å². The Bertz CT molecular complexity index is 450. The second kappa shape index (κ2) is 6.72. The highest BCUT2D eigenvalue weighted by Gasteiger charge is 2.42. The van der Waals surface area contributed by atoms with Crippen LogP contribution in [0.15, 0.2) is 28.7 Å². The van der Waals surface area contributed by atoms with Crippen molar-refractivity contribution in [3.05, 3.63) is 34.3 Å². The van der Waals surface area contributed by atoms with E-state index in [-0.39, 0.29) is 11.4 Å². The van der Waals surface area contributed by atoms with E-state index in [0.29, 0.717) is 12.5 Å². The van der Waals surface area contributed by atoms with Crippen LogP contribution in [0.3, 0.4) is 0 Å². The van der Waals surface area contributed by atoms with E-state index in [4.69, 9.17) is 10.5 Å². The smallest absolute Gasteiger partial charge is 0.311 e. The van der Waals surface area contributed by atoms with Crippen molar-refractivity contribution in [3.8, 4) is 0 Å². The van der Waals surface area contributed by atoms with Crippen molar-refractivity contribution in [2.75, 3.05) is 13.7 Å². The van der Waals surface area contributed by atoms with Crippen LogP contribution in [0.1, 0.15) is 43.6 Å². The maximum absolute atomic E-state index is 12.1. The third-order valence-corrected chi connectivity index (χ3v) is 5.05. The Hall–Kier alpha value is -0.870. The minimum Gasteiger partial charge on any atom is -0.469 e. The van der Waals surface area contributed by atoms with Gasteiger partial charge in [0, 0.05) is 4.47 Å². The summed E-state index contributed by atoms with van der Waals surface area (Å²) in [7, 11) is 1.47. The summed E-state index contributed by atoms with van der Waals surface area (Å²) in [4.78, 5) is 12.1. The monoisotopic (exact) mass is 339 g/mol. The summed E-state index contributed by atoms with van der Waals surface area (Å²) < 4.78 is 6.10. The highest BCUT2D eigenvalue weighted by atomic mass is 79.9. The maximum atomic E-state index is 12.1. The lowest BCUT2D eigenvalue weighted by molar-refractivity contribution is -0.155. The number of hydrogen-bond acceptors (Lipinski definition) is 3. The van der Waals surface area contributed by atoms with Crippen LogP contribution in [0, 0.1) is 5.41 Å². The molecule has 0 heterocycles. The van der Waals surface area contributed by atoms with Gasteiger partial charge in [-0.1, -0.05) is 28.1 Å². The zero-order valence-electron chi connectivity index (χ0n) is 11.9. The molecule has 0 bridgehead atoms. The lowest BCUT2D eigenvalue weighted by Crippen LogP contribution is -2.37. The first kappa shape index (κ1) is 15.5. The molecule has 0 amide bonds. The van der Waals surface area contributed by atoms with Gasteiger partial charge in [0.05, 0.1) is 12.5 Å². The van der Waals surface area contributed by atoms with Crippen LogP contribution < -0.4 is 5.73 Å². The molecule has 3 nitrogen and oxygen atoms in total. The van der Waals surface area contributed by atoms with Crippen LogP contribution in [0.2, 0.25) is 0 Å². The molecule has 2 rings (SSSR count). The quantitative estimate of drug-likeness (QED) is 0.852. The zero-order chi connectivity index (χ0) is 14.6. The molecule has 1 aliphatic rings. The number of methoxy groups -OCH3 is 1. The highest BCUT2D eigenvalue weighted by Crippen LogP contribution is 2.45. The average Bonchev–Trinajstić information content (AvgIpc) is 2.48. The second-order valence-electron chi connectivity index (χ2n) is 5.64. The Labute approximate surface area is 129 Å². The fraction of sp³-hybridized carbons (Fsp3) is 0.562. The van der Waals surface area contributed by atoms with Gasteiger partial charge in [-0.2, -0.15) is 0 Å². The Morgan fingerprint density at radius 1 is 1.35 bits per heavy atom. The normalized spacial score (nSPS) is 26.2. The molecule has 0 saturated heterocycles. The molecular formula is C16H22BrNO2. The van der Waals surface area contributed by atoms with E-state index in [2.05, 4.69) is 40.2 Å². The predicted molar refractivity (Wildman–Crippen MR) is 83.5 cm³/mol. The number of rotatable bonds is 4. The molecule has 1 aliphatic carbocycles. The van der Waals surface area contributed by atoms with Crippen LogP contribution >= 0.6 is 15.9 Å². The van der Waals surface area contributed by atoms with Crippen molar-refractivity contribution >= 4 is 21.9 Å². The van der Waals surface area contributed by atoms with Gasteiger partial charge in [0.2, 0.25) is 0 Å². The fourth-order valence-corrected chi connectivity index (χ4v) is 3.55. The number of nitrogens with two attached hydrogens (primary N) is 1. The Balaban J connectivity index is 2.06. The molecule has 20 heavy (non-hydrogen) atoms. The summed E-state index contributed by atoms with van der Waals surface area (Å²) in [6, 6.07) is 8.50. The molecule has 1 saturated carbocycles. The van der Waals surface area contributed by atoms with Gasteiger partial charge in [0.1, 0.15) is 0 Å². The molecule has 110 valence electrons. The van der Waals surface area contributed by atoms with Crippen LogP contribution in [-0.4, -0.2) is 19.6 Å². The summed E-state index contributed by atoms with van der Waals surface area (Å²) >= 11 is 3.46. The molecular weight excluding hydrogens is 318 g/mol. The van der Waals surface area contributed by atoms with Crippen molar-refractivity contribution < 1.29 is 9.53 Å². The second-order valence-corrected chi connectivity index (χ2v) is 6.55. The lowest BCUT2D eigenvalue weighted by Gasteiger charge is -2.37. The van der Waals surface area contributed by atoms with Crippen molar-refractivity contribution in [1.82, 2.24) is 0 Å². The van der Waals surface area contributed by atoms with Crippen LogP contribution in [0.25, 0.3) is 0 Å². The zero-order valence-corrected chi connectivity index (χ0v) is 13.5. The van der Waals surface area contributed by atoms with Crippen LogP contribution in [0.4, 0.5) is 0 Å². The van der Waals surface area contributed by atoms with E-state index >= 15 is 0 Å². The van der Waals surface area contributed by atoms with Gasteiger partial charge < -0.3 is 10.5 Å². The third-order valence-electron chi connectivity index (χ3n) is 4.53. The van der Waals surface area contributed by atoms with Gasteiger partial charge in [0.15, 0.2) is 0 Å². The molecule has 0 aliphatic heterocycles. The number of carbonyl (C=O) groups excluding carboxylic acids is 1. The summed E-state index contributed by atoms with van der Waals surface area (Å²) in [5, 5.41) is 0. The maximum Gasteiger partial charge on any atom is 0.311 e. The Morgan fingerprint density at radius 2 is 1.95 bits per heavy atom. The number of esters is 1. The van der Waals surface area contributed by atoms with Gasteiger partial charge in [-0.3, -0.25) is 4.79 Å². The van der Waals surface area contributed by atoms with Crippen molar-refractivity contribution in [2.45, 2.75) is 38.0 Å². The summed E-state index contributed by atoms with van der Waals surface area (Å²) in [5.41, 5.74) is 6.70. The minimum atomic E-state index is -0.352. The van der Waals surface area contributed by atoms with Crippen LogP contribution in [0.5, 0.6) is 0 Å². The van der Waals surface area contributed by atoms with Gasteiger partial charge in [-0.15, -0.1) is 0 Å². The molecule has 0 spiro atoms. The number of carbonyl (C=O) groups is 1.